The first-order chi connectivity index (χ1) is 13.2. The van der Waals surface area contributed by atoms with E-state index in [1.807, 2.05) is 54.6 Å². The van der Waals surface area contributed by atoms with Gasteiger partial charge in [-0.15, -0.1) is 0 Å². The van der Waals surface area contributed by atoms with Crippen LogP contribution < -0.4 is 10.2 Å². The normalized spacial score (nSPS) is 20.9. The highest BCUT2D eigenvalue weighted by Gasteiger charge is 2.41. The summed E-state index contributed by atoms with van der Waals surface area (Å²) in [6.07, 6.45) is 1.78. The topological polar surface area (TPSA) is 24.5 Å². The van der Waals surface area contributed by atoms with Crippen LogP contribution in [0.25, 0.3) is 5.70 Å². The van der Waals surface area contributed by atoms with Crippen LogP contribution in [0.4, 0.5) is 0 Å². The van der Waals surface area contributed by atoms with E-state index < -0.39 is 6.23 Å². The Hall–Kier alpha value is -2.46. The molecule has 3 aromatic rings. The van der Waals surface area contributed by atoms with E-state index in [2.05, 4.69) is 34.7 Å². The van der Waals surface area contributed by atoms with Gasteiger partial charge in [-0.2, -0.15) is 5.01 Å². The van der Waals surface area contributed by atoms with Crippen LogP contribution in [0.1, 0.15) is 29.0 Å². The molecule has 0 bridgehead atoms. The van der Waals surface area contributed by atoms with E-state index in [0.29, 0.717) is 10.0 Å². The third kappa shape index (κ3) is 2.79. The molecule has 0 aromatic heterocycles. The van der Waals surface area contributed by atoms with Gasteiger partial charge in [0.1, 0.15) is 5.75 Å². The van der Waals surface area contributed by atoms with Gasteiger partial charge in [0.25, 0.3) is 0 Å². The van der Waals surface area contributed by atoms with Crippen molar-refractivity contribution < 1.29 is 4.74 Å². The van der Waals surface area contributed by atoms with Gasteiger partial charge in [-0.3, -0.25) is 0 Å². The average molecular weight is 395 g/mol. The molecule has 5 heteroatoms. The Labute approximate surface area is 167 Å². The lowest BCUT2D eigenvalue weighted by Gasteiger charge is -2.39. The molecule has 2 atom stereocenters. The van der Waals surface area contributed by atoms with Crippen LogP contribution in [0.3, 0.4) is 0 Å². The molecule has 134 valence electrons. The van der Waals surface area contributed by atoms with Gasteiger partial charge >= 0.3 is 0 Å². The van der Waals surface area contributed by atoms with Gasteiger partial charge < -0.3 is 10.2 Å². The van der Waals surface area contributed by atoms with Gasteiger partial charge in [-0.05, 0) is 29.8 Å². The van der Waals surface area contributed by atoms with E-state index in [-0.39, 0.29) is 6.04 Å². The van der Waals surface area contributed by atoms with Crippen LogP contribution in [0.5, 0.6) is 5.75 Å². The Morgan fingerprint density at radius 2 is 1.52 bits per heavy atom. The predicted octanol–water partition coefficient (Wildman–Crippen LogP) is 5.99. The van der Waals surface area contributed by atoms with Gasteiger partial charge in [0.05, 0.1) is 21.8 Å². The molecule has 0 saturated heterocycles. The molecule has 1 N–H and O–H groups in total. The second-order valence-corrected chi connectivity index (χ2v) is 7.37. The van der Waals surface area contributed by atoms with Crippen molar-refractivity contribution in [3.05, 3.63) is 106 Å². The average Bonchev–Trinajstić information content (AvgIpc) is 3.14. The number of rotatable bonds is 2. The van der Waals surface area contributed by atoms with Gasteiger partial charge in [0.15, 0.2) is 6.23 Å². The zero-order valence-electron chi connectivity index (χ0n) is 14.3. The highest BCUT2D eigenvalue weighted by Crippen LogP contribution is 2.48. The number of hydrogen-bond donors (Lipinski definition) is 1. The van der Waals surface area contributed by atoms with Crippen LogP contribution in [0.15, 0.2) is 78.9 Å². The number of hydrazine groups is 1. The number of nitrogens with one attached hydrogen (secondary N) is 1. The number of fused-ring (bicyclic) bond motifs is 3. The third-order valence-corrected chi connectivity index (χ3v) is 5.59. The van der Waals surface area contributed by atoms with E-state index in [1.54, 1.807) is 0 Å². The molecule has 0 amide bonds. The van der Waals surface area contributed by atoms with E-state index in [0.717, 1.165) is 28.1 Å². The summed E-state index contributed by atoms with van der Waals surface area (Å²) in [7, 11) is 0. The van der Waals surface area contributed by atoms with E-state index >= 15 is 0 Å². The van der Waals surface area contributed by atoms with E-state index in [9.17, 15) is 0 Å². The fourth-order valence-corrected chi connectivity index (χ4v) is 4.24. The standard InChI is InChI=1S/C22H16Cl2N2O/c23-16-10-6-11-17(24)21(16)22-26-19(15-9-4-5-12-20(15)27-22)13-18(25-26)14-7-2-1-3-8-14/h1-13,19,22,25H/t19-,22+/m0/s1. The number of benzene rings is 3. The molecule has 2 heterocycles. The van der Waals surface area contributed by atoms with Crippen molar-refractivity contribution in [1.82, 2.24) is 10.4 Å². The maximum atomic E-state index is 6.50. The summed E-state index contributed by atoms with van der Waals surface area (Å²) >= 11 is 13.0. The SMILES string of the molecule is Clc1cccc(Cl)c1[C@H]1Oc2ccccc2[C@@H]2C=C(c3ccccc3)NN12. The molecule has 0 radical (unpaired) electrons. The lowest BCUT2D eigenvalue weighted by atomic mass is 10.0. The zero-order chi connectivity index (χ0) is 18.4. The third-order valence-electron chi connectivity index (χ3n) is 4.93. The molecule has 27 heavy (non-hydrogen) atoms. The lowest BCUT2D eigenvalue weighted by Crippen LogP contribution is -2.43. The quantitative estimate of drug-likeness (QED) is 0.577. The van der Waals surface area contributed by atoms with Gasteiger partial charge in [0, 0.05) is 11.1 Å². The van der Waals surface area contributed by atoms with Crippen molar-refractivity contribution in [2.24, 2.45) is 0 Å². The molecule has 5 rings (SSSR count). The molecular weight excluding hydrogens is 379 g/mol. The number of hydrogen-bond acceptors (Lipinski definition) is 3. The van der Waals surface area contributed by atoms with Crippen molar-refractivity contribution in [1.29, 1.82) is 0 Å². The molecule has 0 saturated carbocycles. The summed E-state index contributed by atoms with van der Waals surface area (Å²) in [5, 5.41) is 3.23. The summed E-state index contributed by atoms with van der Waals surface area (Å²) in [5.41, 5.74) is 7.53. The monoisotopic (exact) mass is 394 g/mol. The van der Waals surface area contributed by atoms with Crippen molar-refractivity contribution in [3.63, 3.8) is 0 Å². The molecule has 0 unspecified atom stereocenters. The molecule has 0 aliphatic carbocycles. The molecule has 2 aliphatic heterocycles. The first kappa shape index (κ1) is 16.7. The highest BCUT2D eigenvalue weighted by molar-refractivity contribution is 6.36. The second kappa shape index (κ2) is 6.61. The fraction of sp³-hybridized carbons (Fsp3) is 0.0909. The van der Waals surface area contributed by atoms with Crippen molar-refractivity contribution >= 4 is 28.9 Å². The zero-order valence-corrected chi connectivity index (χ0v) is 15.8. The Morgan fingerprint density at radius 1 is 0.815 bits per heavy atom. The first-order valence-corrected chi connectivity index (χ1v) is 9.50. The Kier molecular flexibility index (Phi) is 4.09. The highest BCUT2D eigenvalue weighted by atomic mass is 35.5. The van der Waals surface area contributed by atoms with Gasteiger partial charge in [-0.1, -0.05) is 77.8 Å². The Morgan fingerprint density at radius 3 is 2.30 bits per heavy atom. The smallest absolute Gasteiger partial charge is 0.198 e. The number of para-hydroxylation sites is 1. The fourth-order valence-electron chi connectivity index (χ4n) is 3.66. The van der Waals surface area contributed by atoms with E-state index in [1.165, 1.54) is 0 Å². The van der Waals surface area contributed by atoms with Crippen LogP contribution in [-0.2, 0) is 0 Å². The number of nitrogens with zero attached hydrogens (tertiary/aromatic N) is 1. The summed E-state index contributed by atoms with van der Waals surface area (Å²) in [4.78, 5) is 0. The van der Waals surface area contributed by atoms with Crippen LogP contribution in [0, 0.1) is 0 Å². The van der Waals surface area contributed by atoms with Crippen LogP contribution in [-0.4, -0.2) is 5.01 Å². The molecule has 3 nitrogen and oxygen atoms in total. The van der Waals surface area contributed by atoms with Crippen molar-refractivity contribution in [2.45, 2.75) is 12.3 Å². The summed E-state index contributed by atoms with van der Waals surface area (Å²) in [6, 6.07) is 23.8. The largest absolute Gasteiger partial charge is 0.469 e. The summed E-state index contributed by atoms with van der Waals surface area (Å²) in [5.74, 6) is 0.840. The Balaban J connectivity index is 1.63. The number of halogens is 2. The summed E-state index contributed by atoms with van der Waals surface area (Å²) < 4.78 is 6.34. The summed E-state index contributed by atoms with van der Waals surface area (Å²) in [6.45, 7) is 0. The molecule has 3 aromatic carbocycles. The van der Waals surface area contributed by atoms with Gasteiger partial charge in [0.2, 0.25) is 0 Å². The van der Waals surface area contributed by atoms with Crippen LogP contribution in [0.2, 0.25) is 10.0 Å². The predicted molar refractivity (Wildman–Crippen MR) is 108 cm³/mol. The minimum Gasteiger partial charge on any atom is -0.469 e. The van der Waals surface area contributed by atoms with Gasteiger partial charge in [-0.25, -0.2) is 0 Å². The number of ether oxygens (including phenoxy) is 1. The molecular formula is C22H16Cl2N2O. The molecule has 0 spiro atoms. The maximum absolute atomic E-state index is 6.50. The first-order valence-electron chi connectivity index (χ1n) is 8.74. The van der Waals surface area contributed by atoms with Crippen molar-refractivity contribution in [3.8, 4) is 5.75 Å². The van der Waals surface area contributed by atoms with Crippen molar-refractivity contribution in [2.75, 3.05) is 0 Å². The Bertz CT molecular complexity index is 1020. The molecule has 0 fully saturated rings. The van der Waals surface area contributed by atoms with Crippen LogP contribution >= 0.6 is 23.2 Å². The minimum absolute atomic E-state index is 0.0162. The second-order valence-electron chi connectivity index (χ2n) is 6.55. The molecule has 2 aliphatic rings. The minimum atomic E-state index is -0.441. The van der Waals surface area contributed by atoms with E-state index in [4.69, 9.17) is 27.9 Å². The maximum Gasteiger partial charge on any atom is 0.198 e. The lowest BCUT2D eigenvalue weighted by molar-refractivity contribution is -0.0325.